The molecule has 0 bridgehead atoms. The molecule has 0 atom stereocenters. The molecule has 1 aromatic carbocycles. The summed E-state index contributed by atoms with van der Waals surface area (Å²) in [5, 5.41) is 9.15. The average molecular weight is 286 g/mol. The minimum Gasteiger partial charge on any atom is -0.395 e. The third-order valence-corrected chi connectivity index (χ3v) is 3.22. The van der Waals surface area contributed by atoms with Crippen molar-refractivity contribution in [2.45, 2.75) is 6.54 Å². The van der Waals surface area contributed by atoms with Crippen LogP contribution >= 0.6 is 0 Å². The number of aliphatic hydroxyl groups excluding tert-OH is 1. The molecule has 0 radical (unpaired) electrons. The van der Waals surface area contributed by atoms with Crippen molar-refractivity contribution in [3.8, 4) is 0 Å². The molecule has 1 N–H and O–H groups in total. The lowest BCUT2D eigenvalue weighted by atomic mass is 10.2. The quantitative estimate of drug-likeness (QED) is 0.892. The van der Waals surface area contributed by atoms with Gasteiger partial charge in [0.05, 0.1) is 6.61 Å². The van der Waals surface area contributed by atoms with E-state index in [-0.39, 0.29) is 24.6 Å². The van der Waals surface area contributed by atoms with Gasteiger partial charge in [0, 0.05) is 38.0 Å². The van der Waals surface area contributed by atoms with E-state index < -0.39 is 0 Å². The molecule has 0 fully saturated rings. The predicted octanol–water partition coefficient (Wildman–Crippen LogP) is 1.02. The number of pyridine rings is 1. The number of hydrogen-bond acceptors (Lipinski definition) is 3. The Morgan fingerprint density at radius 1 is 1.24 bits per heavy atom. The molecule has 0 aliphatic rings. The first-order valence-corrected chi connectivity index (χ1v) is 6.72. The molecule has 5 heteroatoms. The Kier molecular flexibility index (Phi) is 4.90. The second-order valence-corrected chi connectivity index (χ2v) is 4.80. The van der Waals surface area contributed by atoms with Gasteiger partial charge in [-0.1, -0.05) is 30.3 Å². The molecular formula is C16H18N2O3. The Morgan fingerprint density at radius 2 is 1.95 bits per heavy atom. The van der Waals surface area contributed by atoms with Crippen molar-refractivity contribution in [3.63, 3.8) is 0 Å². The number of carbonyl (C=O) groups excluding carboxylic acids is 1. The molecule has 1 heterocycles. The van der Waals surface area contributed by atoms with Crippen molar-refractivity contribution in [1.82, 2.24) is 9.47 Å². The molecule has 0 saturated carbocycles. The first-order chi connectivity index (χ1) is 10.1. The monoisotopic (exact) mass is 286 g/mol. The third-order valence-electron chi connectivity index (χ3n) is 3.22. The van der Waals surface area contributed by atoms with Crippen LogP contribution in [0.4, 0.5) is 0 Å². The van der Waals surface area contributed by atoms with Crippen LogP contribution < -0.4 is 5.56 Å². The van der Waals surface area contributed by atoms with Gasteiger partial charge < -0.3 is 14.6 Å². The van der Waals surface area contributed by atoms with Crippen LogP contribution in [0.3, 0.4) is 0 Å². The molecule has 21 heavy (non-hydrogen) atoms. The Balaban J connectivity index is 2.22. The van der Waals surface area contributed by atoms with Crippen LogP contribution in [0.15, 0.2) is 53.5 Å². The zero-order valence-corrected chi connectivity index (χ0v) is 11.9. The van der Waals surface area contributed by atoms with Gasteiger partial charge in [0.2, 0.25) is 0 Å². The van der Waals surface area contributed by atoms with E-state index in [9.17, 15) is 9.59 Å². The van der Waals surface area contributed by atoms with E-state index in [0.29, 0.717) is 12.1 Å². The summed E-state index contributed by atoms with van der Waals surface area (Å²) in [6.45, 7) is 0.502. The van der Waals surface area contributed by atoms with Crippen LogP contribution in [0.5, 0.6) is 0 Å². The molecule has 110 valence electrons. The van der Waals surface area contributed by atoms with E-state index in [1.165, 1.54) is 15.5 Å². The van der Waals surface area contributed by atoms with Gasteiger partial charge in [0.1, 0.15) is 0 Å². The summed E-state index contributed by atoms with van der Waals surface area (Å²) in [6, 6.07) is 12.5. The highest BCUT2D eigenvalue weighted by Gasteiger charge is 2.16. The van der Waals surface area contributed by atoms with Gasteiger partial charge in [0.15, 0.2) is 0 Å². The smallest absolute Gasteiger partial charge is 0.254 e. The molecule has 0 aliphatic carbocycles. The number of nitrogens with zero attached hydrogens (tertiary/aromatic N) is 2. The van der Waals surface area contributed by atoms with Crippen LogP contribution in [-0.4, -0.2) is 33.6 Å². The lowest BCUT2D eigenvalue weighted by Gasteiger charge is -2.22. The fraction of sp³-hybridized carbons (Fsp3) is 0.250. The van der Waals surface area contributed by atoms with Crippen molar-refractivity contribution >= 4 is 5.91 Å². The second-order valence-electron chi connectivity index (χ2n) is 4.80. The Bertz CT molecular complexity index is 665. The zero-order valence-electron chi connectivity index (χ0n) is 11.9. The molecule has 0 unspecified atom stereocenters. The van der Waals surface area contributed by atoms with E-state index in [2.05, 4.69) is 0 Å². The summed E-state index contributed by atoms with van der Waals surface area (Å²) < 4.78 is 1.41. The molecule has 2 aromatic rings. The minimum absolute atomic E-state index is 0.122. The Morgan fingerprint density at radius 3 is 2.57 bits per heavy atom. The highest BCUT2D eigenvalue weighted by Crippen LogP contribution is 2.08. The highest BCUT2D eigenvalue weighted by molar-refractivity contribution is 5.94. The largest absolute Gasteiger partial charge is 0.395 e. The fourth-order valence-corrected chi connectivity index (χ4v) is 2.04. The van der Waals surface area contributed by atoms with Gasteiger partial charge >= 0.3 is 0 Å². The highest BCUT2D eigenvalue weighted by atomic mass is 16.3. The van der Waals surface area contributed by atoms with E-state index in [1.807, 2.05) is 30.3 Å². The van der Waals surface area contributed by atoms with E-state index in [0.717, 1.165) is 5.56 Å². The molecule has 1 amide bonds. The van der Waals surface area contributed by atoms with Crippen LogP contribution in [0.1, 0.15) is 15.9 Å². The summed E-state index contributed by atoms with van der Waals surface area (Å²) in [6.07, 6.45) is 1.56. The fourth-order valence-electron chi connectivity index (χ4n) is 2.04. The minimum atomic E-state index is -0.259. The van der Waals surface area contributed by atoms with Crippen molar-refractivity contribution in [3.05, 3.63) is 70.1 Å². The number of benzene rings is 1. The average Bonchev–Trinajstić information content (AvgIpc) is 2.50. The van der Waals surface area contributed by atoms with Crippen molar-refractivity contribution < 1.29 is 9.90 Å². The Labute approximate surface area is 123 Å². The predicted molar refractivity (Wildman–Crippen MR) is 80.0 cm³/mol. The van der Waals surface area contributed by atoms with Crippen molar-refractivity contribution in [2.24, 2.45) is 7.05 Å². The lowest BCUT2D eigenvalue weighted by Crippen LogP contribution is -2.34. The first kappa shape index (κ1) is 15.0. The van der Waals surface area contributed by atoms with Crippen LogP contribution in [-0.2, 0) is 13.6 Å². The van der Waals surface area contributed by atoms with Gasteiger partial charge in [-0.15, -0.1) is 0 Å². The van der Waals surface area contributed by atoms with E-state index in [1.54, 1.807) is 19.3 Å². The van der Waals surface area contributed by atoms with Crippen LogP contribution in [0.25, 0.3) is 0 Å². The van der Waals surface area contributed by atoms with Crippen molar-refractivity contribution in [2.75, 3.05) is 13.2 Å². The molecule has 5 nitrogen and oxygen atoms in total. The van der Waals surface area contributed by atoms with E-state index >= 15 is 0 Å². The van der Waals surface area contributed by atoms with Crippen molar-refractivity contribution in [1.29, 1.82) is 0 Å². The van der Waals surface area contributed by atoms with Gasteiger partial charge in [-0.05, 0) is 11.6 Å². The third kappa shape index (κ3) is 3.79. The zero-order chi connectivity index (χ0) is 15.2. The molecule has 0 spiro atoms. The molecular weight excluding hydrogens is 268 g/mol. The number of aromatic nitrogens is 1. The summed E-state index contributed by atoms with van der Waals surface area (Å²) in [4.78, 5) is 25.6. The number of rotatable bonds is 5. The summed E-state index contributed by atoms with van der Waals surface area (Å²) >= 11 is 0. The SMILES string of the molecule is Cn1ccc(C(=O)N(CCO)Cc2ccccc2)cc1=O. The molecule has 2 rings (SSSR count). The molecule has 0 saturated heterocycles. The van der Waals surface area contributed by atoms with Gasteiger partial charge in [0.25, 0.3) is 11.5 Å². The van der Waals surface area contributed by atoms with E-state index in [4.69, 9.17) is 5.11 Å². The number of aliphatic hydroxyl groups is 1. The molecule has 1 aromatic heterocycles. The Hall–Kier alpha value is -2.40. The van der Waals surface area contributed by atoms with Gasteiger partial charge in [-0.3, -0.25) is 9.59 Å². The summed E-state index contributed by atoms with van der Waals surface area (Å²) in [7, 11) is 1.63. The molecule has 0 aliphatic heterocycles. The maximum atomic E-state index is 12.5. The summed E-state index contributed by atoms with van der Waals surface area (Å²) in [5.41, 5.74) is 1.08. The standard InChI is InChI=1S/C16H18N2O3/c1-17-8-7-14(11-15(17)20)16(21)18(9-10-19)12-13-5-3-2-4-6-13/h2-8,11,19H,9-10,12H2,1H3. The topological polar surface area (TPSA) is 62.5 Å². The van der Waals surface area contributed by atoms with Gasteiger partial charge in [-0.2, -0.15) is 0 Å². The number of hydrogen-bond donors (Lipinski definition) is 1. The number of aryl methyl sites for hydroxylation is 1. The number of amides is 1. The number of carbonyl (C=O) groups is 1. The van der Waals surface area contributed by atoms with Crippen LogP contribution in [0, 0.1) is 0 Å². The second kappa shape index (κ2) is 6.85. The first-order valence-electron chi connectivity index (χ1n) is 6.72. The normalized spacial score (nSPS) is 10.4. The lowest BCUT2D eigenvalue weighted by molar-refractivity contribution is 0.0707. The summed E-state index contributed by atoms with van der Waals surface area (Å²) in [5.74, 6) is -0.259. The van der Waals surface area contributed by atoms with Crippen LogP contribution in [0.2, 0.25) is 0 Å². The van der Waals surface area contributed by atoms with Gasteiger partial charge in [-0.25, -0.2) is 0 Å². The maximum absolute atomic E-state index is 12.5. The maximum Gasteiger partial charge on any atom is 0.254 e.